The number of aryl methyl sites for hydroxylation is 1. The Morgan fingerprint density at radius 2 is 1.96 bits per heavy atom. The Kier molecular flexibility index (Phi) is 8.29. The Labute approximate surface area is 261 Å². The van der Waals surface area contributed by atoms with Gasteiger partial charge in [-0.1, -0.05) is 36.9 Å². The van der Waals surface area contributed by atoms with Crippen molar-refractivity contribution in [2.24, 2.45) is 0 Å². The molecule has 2 saturated heterocycles. The number of carbonyl (C=O) groups excluding carboxylic acids is 2. The molecule has 3 atom stereocenters. The lowest BCUT2D eigenvalue weighted by molar-refractivity contribution is -0.131. The van der Waals surface area contributed by atoms with Crippen LogP contribution in [0, 0.1) is 18.3 Å². The van der Waals surface area contributed by atoms with Crippen molar-refractivity contribution in [3.8, 4) is 12.1 Å². The van der Waals surface area contributed by atoms with Crippen LogP contribution in [0.2, 0.25) is 0 Å². The van der Waals surface area contributed by atoms with Gasteiger partial charge in [-0.05, 0) is 30.4 Å². The summed E-state index contributed by atoms with van der Waals surface area (Å²) in [6.45, 7) is 7.35. The molecule has 45 heavy (non-hydrogen) atoms. The molecule has 2 aromatic carbocycles. The molecule has 0 radical (unpaired) electrons. The number of halogens is 1. The zero-order valence-corrected chi connectivity index (χ0v) is 25.4. The van der Waals surface area contributed by atoms with Crippen LogP contribution in [-0.2, 0) is 22.6 Å². The van der Waals surface area contributed by atoms with Crippen LogP contribution in [0.3, 0.4) is 0 Å². The summed E-state index contributed by atoms with van der Waals surface area (Å²) in [4.78, 5) is 41.5. The molecule has 2 amide bonds. The van der Waals surface area contributed by atoms with Gasteiger partial charge in [-0.25, -0.2) is 4.39 Å². The Bertz CT molecular complexity index is 1700. The number of aromatic nitrogens is 2. The van der Waals surface area contributed by atoms with Gasteiger partial charge in [0.05, 0.1) is 49.3 Å². The van der Waals surface area contributed by atoms with E-state index in [-0.39, 0.29) is 44.5 Å². The number of nitrogens with zero attached hydrogens (tertiary/aromatic N) is 7. The number of likely N-dealkylation sites (tertiary alicyclic amines) is 1. The van der Waals surface area contributed by atoms with Crippen molar-refractivity contribution >= 4 is 34.1 Å². The van der Waals surface area contributed by atoms with E-state index in [1.165, 1.54) is 20.7 Å². The summed E-state index contributed by atoms with van der Waals surface area (Å²) in [5, 5.41) is 22.3. The van der Waals surface area contributed by atoms with Crippen molar-refractivity contribution in [1.29, 1.82) is 5.26 Å². The minimum atomic E-state index is -1.05. The van der Waals surface area contributed by atoms with Crippen LogP contribution in [0.15, 0.2) is 48.8 Å². The topological polar surface area (TPSA) is 126 Å². The van der Waals surface area contributed by atoms with Crippen LogP contribution in [0.4, 0.5) is 15.9 Å². The largest absolute Gasteiger partial charge is 0.461 e. The van der Waals surface area contributed by atoms with Crippen LogP contribution in [0.1, 0.15) is 29.7 Å². The summed E-state index contributed by atoms with van der Waals surface area (Å²) >= 11 is 0. The number of ether oxygens (including phenoxy) is 1. The Morgan fingerprint density at radius 3 is 2.67 bits per heavy atom. The van der Waals surface area contributed by atoms with E-state index in [0.717, 1.165) is 28.9 Å². The number of rotatable bonds is 7. The molecule has 234 valence electrons. The van der Waals surface area contributed by atoms with Gasteiger partial charge in [-0.15, -0.1) is 0 Å². The van der Waals surface area contributed by atoms with Gasteiger partial charge in [0.1, 0.15) is 12.4 Å². The van der Waals surface area contributed by atoms with Crippen molar-refractivity contribution in [2.45, 2.75) is 50.9 Å². The standard InChI is InChI=1S/C33H36FN7O4/c1-20-6-4-7-22-8-5-9-26(30(20)22)39-13-11-24-25(18-39)36-33(45-19-27-28(42)16-29(43)38(27)3)37-31(24)40-14-15-41(32(44)21(2)34)23(17-40)10-12-35/h4-9,23,27-28,42H,2,10-11,13-19H2,1,3H3/t23-,27+,28+/m0/s1. The summed E-state index contributed by atoms with van der Waals surface area (Å²) in [5.74, 6) is -1.37. The number of benzene rings is 2. The molecule has 1 N–H and O–H groups in total. The van der Waals surface area contributed by atoms with Crippen molar-refractivity contribution < 1.29 is 23.8 Å². The molecule has 3 aromatic rings. The number of aliphatic hydroxyl groups is 1. The third-order valence-electron chi connectivity index (χ3n) is 9.16. The number of hydrogen-bond acceptors (Lipinski definition) is 9. The van der Waals surface area contributed by atoms with Gasteiger partial charge in [0.15, 0.2) is 5.83 Å². The maximum atomic E-state index is 13.8. The molecular formula is C33H36FN7O4. The SMILES string of the molecule is C=C(F)C(=O)N1CCN(c2nc(OC[C@@H]3[C@H](O)CC(=O)N3C)nc3c2CCN(c2cccc4cccc(C)c24)C3)C[C@@H]1CC#N. The average Bonchev–Trinajstić information content (AvgIpc) is 3.28. The van der Waals surface area contributed by atoms with Crippen LogP contribution in [0.25, 0.3) is 10.8 Å². The van der Waals surface area contributed by atoms with Gasteiger partial charge >= 0.3 is 6.01 Å². The van der Waals surface area contributed by atoms with Crippen molar-refractivity contribution in [1.82, 2.24) is 19.8 Å². The fraction of sp³-hybridized carbons (Fsp3) is 0.424. The highest BCUT2D eigenvalue weighted by molar-refractivity contribution is 5.97. The average molecular weight is 614 g/mol. The van der Waals surface area contributed by atoms with E-state index < -0.39 is 29.9 Å². The molecule has 1 aromatic heterocycles. The van der Waals surface area contributed by atoms with Gasteiger partial charge in [-0.2, -0.15) is 15.2 Å². The second-order valence-corrected chi connectivity index (χ2v) is 11.9. The lowest BCUT2D eigenvalue weighted by Gasteiger charge is -2.42. The van der Waals surface area contributed by atoms with E-state index in [4.69, 9.17) is 14.7 Å². The van der Waals surface area contributed by atoms with Crippen molar-refractivity contribution in [3.05, 3.63) is 65.6 Å². The molecule has 0 aliphatic carbocycles. The zero-order valence-electron chi connectivity index (χ0n) is 25.4. The molecule has 3 aliphatic rings. The number of anilines is 2. The van der Waals surface area contributed by atoms with E-state index in [0.29, 0.717) is 25.3 Å². The number of amides is 2. The van der Waals surface area contributed by atoms with E-state index in [1.54, 1.807) is 7.05 Å². The minimum absolute atomic E-state index is 0.0197. The summed E-state index contributed by atoms with van der Waals surface area (Å²) in [6.07, 6.45) is -0.142. The zero-order chi connectivity index (χ0) is 31.8. The first-order valence-corrected chi connectivity index (χ1v) is 15.1. The summed E-state index contributed by atoms with van der Waals surface area (Å²) in [6, 6.07) is 13.7. The molecule has 11 nitrogen and oxygen atoms in total. The molecule has 0 saturated carbocycles. The van der Waals surface area contributed by atoms with E-state index >= 15 is 0 Å². The number of nitriles is 1. The Hall–Kier alpha value is -4.76. The van der Waals surface area contributed by atoms with Gasteiger partial charge in [-0.3, -0.25) is 9.59 Å². The van der Waals surface area contributed by atoms with Gasteiger partial charge in [0.25, 0.3) is 5.91 Å². The quantitative estimate of drug-likeness (QED) is 0.401. The van der Waals surface area contributed by atoms with Crippen LogP contribution >= 0.6 is 0 Å². The first-order chi connectivity index (χ1) is 21.7. The first-order valence-electron chi connectivity index (χ1n) is 15.1. The van der Waals surface area contributed by atoms with Crippen molar-refractivity contribution in [3.63, 3.8) is 0 Å². The normalized spacial score (nSPS) is 21.6. The molecule has 0 bridgehead atoms. The number of carbonyl (C=O) groups is 2. The second-order valence-electron chi connectivity index (χ2n) is 11.9. The minimum Gasteiger partial charge on any atom is -0.461 e. The number of piperazine rings is 1. The predicted octanol–water partition coefficient (Wildman–Crippen LogP) is 2.89. The Morgan fingerprint density at radius 1 is 1.18 bits per heavy atom. The maximum absolute atomic E-state index is 13.8. The lowest BCUT2D eigenvalue weighted by atomic mass is 9.99. The number of hydrogen-bond donors (Lipinski definition) is 1. The highest BCUT2D eigenvalue weighted by atomic mass is 19.1. The highest BCUT2D eigenvalue weighted by Gasteiger charge is 2.38. The summed E-state index contributed by atoms with van der Waals surface area (Å²) in [5.41, 5.74) is 4.03. The molecule has 12 heteroatoms. The van der Waals surface area contributed by atoms with E-state index in [9.17, 15) is 24.3 Å². The lowest BCUT2D eigenvalue weighted by Crippen LogP contribution is -2.55. The van der Waals surface area contributed by atoms with E-state index in [2.05, 4.69) is 60.9 Å². The fourth-order valence-electron chi connectivity index (χ4n) is 6.73. The third kappa shape index (κ3) is 5.76. The number of fused-ring (bicyclic) bond motifs is 2. The molecular weight excluding hydrogens is 577 g/mol. The van der Waals surface area contributed by atoms with Crippen LogP contribution < -0.4 is 14.5 Å². The number of aliphatic hydroxyl groups excluding tert-OH is 1. The van der Waals surface area contributed by atoms with Crippen LogP contribution in [-0.4, -0.2) is 94.7 Å². The summed E-state index contributed by atoms with van der Waals surface area (Å²) < 4.78 is 19.9. The molecule has 0 spiro atoms. The van der Waals surface area contributed by atoms with E-state index in [1.807, 2.05) is 4.90 Å². The molecule has 4 heterocycles. The smallest absolute Gasteiger partial charge is 0.318 e. The van der Waals surface area contributed by atoms with Crippen LogP contribution in [0.5, 0.6) is 6.01 Å². The fourth-order valence-corrected chi connectivity index (χ4v) is 6.73. The summed E-state index contributed by atoms with van der Waals surface area (Å²) in [7, 11) is 1.64. The third-order valence-corrected chi connectivity index (χ3v) is 9.16. The van der Waals surface area contributed by atoms with Gasteiger partial charge in [0, 0.05) is 49.9 Å². The van der Waals surface area contributed by atoms with Gasteiger partial charge < -0.3 is 29.4 Å². The monoisotopic (exact) mass is 613 g/mol. The van der Waals surface area contributed by atoms with Crippen molar-refractivity contribution in [2.75, 3.05) is 49.6 Å². The molecule has 6 rings (SSSR count). The maximum Gasteiger partial charge on any atom is 0.318 e. The highest BCUT2D eigenvalue weighted by Crippen LogP contribution is 2.36. The second kappa shape index (κ2) is 12.3. The molecule has 3 aliphatic heterocycles. The molecule has 2 fully saturated rings. The predicted molar refractivity (Wildman–Crippen MR) is 166 cm³/mol. The Balaban J connectivity index is 1.35. The first kappa shape index (κ1) is 30.3. The van der Waals surface area contributed by atoms with Gasteiger partial charge in [0.2, 0.25) is 5.91 Å². The number of likely N-dealkylation sites (N-methyl/N-ethyl adjacent to an activating group) is 1. The molecule has 0 unspecified atom stereocenters.